The molecule has 1 radical (unpaired) electrons. The summed E-state index contributed by atoms with van der Waals surface area (Å²) < 4.78 is 0. The van der Waals surface area contributed by atoms with Crippen molar-refractivity contribution in [3.63, 3.8) is 0 Å². The Kier molecular flexibility index (Phi) is 182. The average Bonchev–Trinajstić information content (AvgIpc) is 0. The summed E-state index contributed by atoms with van der Waals surface area (Å²) in [7, 11) is 0. The van der Waals surface area contributed by atoms with E-state index in [0.29, 0.717) is 0 Å². The van der Waals surface area contributed by atoms with Gasteiger partial charge in [0.05, 0.1) is 0 Å². The predicted octanol–water partition coefficient (Wildman–Crippen LogP) is -0.0100. The molecule has 0 nitrogen and oxygen atoms in total. The second-order valence-electron chi connectivity index (χ2n) is 0. The van der Waals surface area contributed by atoms with Crippen molar-refractivity contribution in [2.24, 2.45) is 0 Å². The van der Waals surface area contributed by atoms with Gasteiger partial charge in [-0.15, -0.1) is 0 Å². The van der Waals surface area contributed by atoms with Gasteiger partial charge in [-0.25, -0.2) is 0 Å². The van der Waals surface area contributed by atoms with Crippen LogP contribution in [0.15, 0.2) is 0 Å². The molecule has 0 aromatic rings. The van der Waals surface area contributed by atoms with E-state index in [1.165, 1.54) is 0 Å². The summed E-state index contributed by atoms with van der Waals surface area (Å²) in [6, 6.07) is 0. The Balaban J connectivity index is 0. The Morgan fingerprint density at radius 2 is 0.750 bits per heavy atom. The van der Waals surface area contributed by atoms with Gasteiger partial charge in [-0.1, -0.05) is 0 Å². The molecule has 0 aromatic heterocycles. The van der Waals surface area contributed by atoms with Crippen molar-refractivity contribution < 1.29 is 67.4 Å². The molecule has 0 saturated carbocycles. The molecule has 0 aliphatic carbocycles. The minimum absolute atomic E-state index is 0. The average molecular weight is 233 g/mol. The summed E-state index contributed by atoms with van der Waals surface area (Å²) in [6.45, 7) is 0. The molecule has 37 valence electrons. The monoisotopic (exact) mass is 231 g/mol. The van der Waals surface area contributed by atoms with Crippen LogP contribution >= 0.6 is 0 Å². The van der Waals surface area contributed by atoms with E-state index in [4.69, 9.17) is 0 Å². The van der Waals surface area contributed by atoms with Crippen LogP contribution in [0.3, 0.4) is 0 Å². The van der Waals surface area contributed by atoms with Gasteiger partial charge in [0.1, 0.15) is 0 Å². The first kappa shape index (κ1) is 36.9. The second-order valence-corrected chi connectivity index (χ2v) is 0. The van der Waals surface area contributed by atoms with E-state index in [9.17, 15) is 0 Å². The predicted molar refractivity (Wildman–Crippen MR) is 0 cm³/mol. The van der Waals surface area contributed by atoms with Crippen molar-refractivity contribution in [2.45, 2.75) is 0 Å². The largest absolute Gasteiger partial charge is 0 e. The normalized spacial score (nSPS) is 0. The van der Waals surface area contributed by atoms with Gasteiger partial charge in [-0.2, -0.15) is 0 Å². The van der Waals surface area contributed by atoms with Crippen LogP contribution in [-0.4, -0.2) is 0 Å². The quantitative estimate of drug-likeness (QED) is 0.516. The molecule has 0 aromatic carbocycles. The van der Waals surface area contributed by atoms with Crippen LogP contribution < -0.4 is 0 Å². The van der Waals surface area contributed by atoms with Crippen molar-refractivity contribution in [3.8, 4) is 0 Å². The van der Waals surface area contributed by atoms with Crippen molar-refractivity contribution >= 4 is 0 Å². The van der Waals surface area contributed by atoms with E-state index in [2.05, 4.69) is 0 Å². The molecule has 0 rings (SSSR count). The van der Waals surface area contributed by atoms with Crippen LogP contribution in [0.5, 0.6) is 0 Å². The molecule has 0 fully saturated rings. The van der Waals surface area contributed by atoms with Crippen LogP contribution in [0.4, 0.5) is 0 Å². The Morgan fingerprint density at radius 3 is 0.750 bits per heavy atom. The van der Waals surface area contributed by atoms with E-state index in [0.717, 1.165) is 0 Å². The number of rotatable bonds is 0. The molecule has 0 atom stereocenters. The van der Waals surface area contributed by atoms with Gasteiger partial charge in [-0.3, -0.25) is 0 Å². The third-order valence-electron chi connectivity index (χ3n) is 0. The molecule has 0 spiro atoms. The van der Waals surface area contributed by atoms with E-state index in [-0.39, 0.29) is 67.4 Å². The van der Waals surface area contributed by atoms with E-state index in [1.54, 1.807) is 0 Å². The third-order valence-corrected chi connectivity index (χ3v) is 0. The van der Waals surface area contributed by atoms with Crippen LogP contribution in [0, 0.1) is 0 Å². The van der Waals surface area contributed by atoms with Gasteiger partial charge in [0.15, 0.2) is 0 Å². The summed E-state index contributed by atoms with van der Waals surface area (Å²) in [6.07, 6.45) is 0. The first-order valence-electron chi connectivity index (χ1n) is 0. The summed E-state index contributed by atoms with van der Waals surface area (Å²) in [4.78, 5) is 0. The molecule has 0 heterocycles. The fourth-order valence-electron chi connectivity index (χ4n) is 0. The van der Waals surface area contributed by atoms with Crippen LogP contribution in [0.2, 0.25) is 0 Å². The van der Waals surface area contributed by atoms with E-state index in [1.807, 2.05) is 0 Å². The van der Waals surface area contributed by atoms with Crippen LogP contribution in [-0.2, 0) is 67.4 Å². The minimum atomic E-state index is 0. The Bertz CT molecular complexity index is 6.00. The van der Waals surface area contributed by atoms with Crippen molar-refractivity contribution in [1.29, 1.82) is 0 Å². The molecule has 4 heavy (non-hydrogen) atoms. The maximum absolute atomic E-state index is 0. The maximum atomic E-state index is 0. The van der Waals surface area contributed by atoms with Gasteiger partial charge in [-0.05, 0) is 0 Å². The fourth-order valence-corrected chi connectivity index (χ4v) is 0. The Morgan fingerprint density at radius 1 is 0.750 bits per heavy atom. The molecular weight excluding hydrogens is 233 g/mol. The van der Waals surface area contributed by atoms with Crippen molar-refractivity contribution in [3.05, 3.63) is 0 Å². The zero-order chi connectivity index (χ0) is 0. The number of hydrogen-bond acceptors (Lipinski definition) is 0. The van der Waals surface area contributed by atoms with Gasteiger partial charge in [0, 0.05) is 67.4 Å². The van der Waals surface area contributed by atoms with Gasteiger partial charge < -0.3 is 0 Å². The number of hydrogen-bond donors (Lipinski definition) is 0. The topological polar surface area (TPSA) is 0 Å². The van der Waals surface area contributed by atoms with Crippen molar-refractivity contribution in [2.75, 3.05) is 0 Å². The Hall–Kier alpha value is 2.04. The molecule has 0 saturated heterocycles. The van der Waals surface area contributed by atoms with Gasteiger partial charge >= 0.3 is 0 Å². The zero-order valence-corrected chi connectivity index (χ0v) is 5.53. The van der Waals surface area contributed by atoms with E-state index >= 15 is 0 Å². The zero-order valence-electron chi connectivity index (χ0n) is 1.34. The van der Waals surface area contributed by atoms with Crippen LogP contribution in [0.25, 0.3) is 0 Å². The molecule has 0 N–H and O–H groups in total. The van der Waals surface area contributed by atoms with Crippen molar-refractivity contribution in [1.82, 2.24) is 0 Å². The first-order valence-corrected chi connectivity index (χ1v) is 0. The molecule has 0 bridgehead atoms. The molecular formula is CrCuNi2. The van der Waals surface area contributed by atoms with E-state index < -0.39 is 0 Å². The molecule has 0 aliphatic heterocycles. The summed E-state index contributed by atoms with van der Waals surface area (Å²) in [5.41, 5.74) is 0. The van der Waals surface area contributed by atoms with Crippen LogP contribution in [0.1, 0.15) is 0 Å². The van der Waals surface area contributed by atoms with Gasteiger partial charge in [0.2, 0.25) is 0 Å². The first-order chi connectivity index (χ1) is 0. The maximum Gasteiger partial charge on any atom is 0 e. The summed E-state index contributed by atoms with van der Waals surface area (Å²) in [5, 5.41) is 0. The molecule has 0 amide bonds. The SMILES string of the molecule is [Cr].[Cu].[Ni].[Ni]. The molecule has 0 aliphatic rings. The standard InChI is InChI=1S/Cr.Cu.2Ni. The fraction of sp³-hybridized carbons (Fsp3) is 0. The smallest absolute Gasteiger partial charge is 0 e. The third kappa shape index (κ3) is 8.97. The van der Waals surface area contributed by atoms with Gasteiger partial charge in [0.25, 0.3) is 0 Å². The minimum Gasteiger partial charge on any atom is 0 e. The Labute approximate surface area is 66.9 Å². The molecule has 4 heteroatoms. The summed E-state index contributed by atoms with van der Waals surface area (Å²) >= 11 is 0. The summed E-state index contributed by atoms with van der Waals surface area (Å²) in [5.74, 6) is 0. The second kappa shape index (κ2) is 19.8. The molecule has 0 unspecified atom stereocenters.